The molecule has 21 heavy (non-hydrogen) atoms. The quantitative estimate of drug-likeness (QED) is 0.540. The first-order valence-electron chi connectivity index (χ1n) is 7.07. The van der Waals surface area contributed by atoms with Gasteiger partial charge in [-0.15, -0.1) is 10.2 Å². The SMILES string of the molecule is CCCCSc1nnc(-c2ccc(Cl)cc2)n1CCOC. The van der Waals surface area contributed by atoms with Crippen LogP contribution in [0.4, 0.5) is 0 Å². The highest BCUT2D eigenvalue weighted by Gasteiger charge is 2.13. The van der Waals surface area contributed by atoms with Crippen molar-refractivity contribution in [2.45, 2.75) is 31.5 Å². The second-order valence-electron chi connectivity index (χ2n) is 4.66. The summed E-state index contributed by atoms with van der Waals surface area (Å²) >= 11 is 7.69. The van der Waals surface area contributed by atoms with Gasteiger partial charge in [0, 0.05) is 23.4 Å². The molecule has 1 aromatic carbocycles. The van der Waals surface area contributed by atoms with Gasteiger partial charge < -0.3 is 4.74 Å². The van der Waals surface area contributed by atoms with E-state index in [9.17, 15) is 0 Å². The fourth-order valence-electron chi connectivity index (χ4n) is 1.90. The van der Waals surface area contributed by atoms with E-state index in [1.54, 1.807) is 18.9 Å². The zero-order valence-corrected chi connectivity index (χ0v) is 14.0. The van der Waals surface area contributed by atoms with Gasteiger partial charge in [-0.2, -0.15) is 0 Å². The number of nitrogens with zero attached hydrogens (tertiary/aromatic N) is 3. The Balaban J connectivity index is 2.24. The molecule has 6 heteroatoms. The predicted octanol–water partition coefficient (Wildman–Crippen LogP) is 4.14. The lowest BCUT2D eigenvalue weighted by atomic mass is 10.2. The van der Waals surface area contributed by atoms with Crippen molar-refractivity contribution < 1.29 is 4.74 Å². The number of methoxy groups -OCH3 is 1. The van der Waals surface area contributed by atoms with E-state index in [0.29, 0.717) is 6.61 Å². The van der Waals surface area contributed by atoms with E-state index >= 15 is 0 Å². The Labute approximate surface area is 134 Å². The summed E-state index contributed by atoms with van der Waals surface area (Å²) in [5.74, 6) is 1.92. The maximum atomic E-state index is 5.95. The molecule has 0 spiro atoms. The second kappa shape index (κ2) is 8.41. The Bertz CT molecular complexity index is 557. The van der Waals surface area contributed by atoms with Crippen molar-refractivity contribution in [3.8, 4) is 11.4 Å². The zero-order valence-electron chi connectivity index (χ0n) is 12.4. The zero-order chi connectivity index (χ0) is 15.1. The monoisotopic (exact) mass is 325 g/mol. The van der Waals surface area contributed by atoms with Crippen LogP contribution in [-0.4, -0.2) is 34.2 Å². The molecule has 0 aliphatic carbocycles. The number of hydrogen-bond donors (Lipinski definition) is 0. The molecule has 0 fully saturated rings. The van der Waals surface area contributed by atoms with Gasteiger partial charge in [-0.05, 0) is 30.7 Å². The maximum absolute atomic E-state index is 5.95. The van der Waals surface area contributed by atoms with Crippen LogP contribution in [-0.2, 0) is 11.3 Å². The molecule has 0 radical (unpaired) electrons. The molecule has 0 atom stereocenters. The topological polar surface area (TPSA) is 39.9 Å². The van der Waals surface area contributed by atoms with E-state index in [0.717, 1.165) is 33.9 Å². The molecule has 0 aliphatic rings. The van der Waals surface area contributed by atoms with Crippen molar-refractivity contribution in [2.24, 2.45) is 0 Å². The number of thioether (sulfide) groups is 1. The Morgan fingerprint density at radius 1 is 1.24 bits per heavy atom. The fraction of sp³-hybridized carbons (Fsp3) is 0.467. The first kappa shape index (κ1) is 16.3. The number of benzene rings is 1. The van der Waals surface area contributed by atoms with Gasteiger partial charge in [0.25, 0.3) is 0 Å². The van der Waals surface area contributed by atoms with Crippen molar-refractivity contribution in [3.05, 3.63) is 29.3 Å². The van der Waals surface area contributed by atoms with Gasteiger partial charge in [-0.3, -0.25) is 4.57 Å². The van der Waals surface area contributed by atoms with Crippen molar-refractivity contribution >= 4 is 23.4 Å². The molecule has 0 N–H and O–H groups in total. The highest BCUT2D eigenvalue weighted by molar-refractivity contribution is 7.99. The lowest BCUT2D eigenvalue weighted by Gasteiger charge is -2.09. The molecule has 114 valence electrons. The molecule has 4 nitrogen and oxygen atoms in total. The molecule has 1 aromatic heterocycles. The minimum absolute atomic E-state index is 0.639. The maximum Gasteiger partial charge on any atom is 0.191 e. The van der Waals surface area contributed by atoms with Crippen molar-refractivity contribution in [3.63, 3.8) is 0 Å². The first-order chi connectivity index (χ1) is 10.3. The minimum Gasteiger partial charge on any atom is -0.383 e. The normalized spacial score (nSPS) is 11.0. The van der Waals surface area contributed by atoms with Crippen LogP contribution < -0.4 is 0 Å². The van der Waals surface area contributed by atoms with Crippen LogP contribution in [0.25, 0.3) is 11.4 Å². The summed E-state index contributed by atoms with van der Waals surface area (Å²) in [5.41, 5.74) is 1.02. The van der Waals surface area contributed by atoms with E-state index < -0.39 is 0 Å². The Hall–Kier alpha value is -1.04. The molecule has 2 rings (SSSR count). The third kappa shape index (κ3) is 4.46. The highest BCUT2D eigenvalue weighted by atomic mass is 35.5. The Kier molecular flexibility index (Phi) is 6.54. The summed E-state index contributed by atoms with van der Waals surface area (Å²) in [6.07, 6.45) is 2.36. The van der Waals surface area contributed by atoms with E-state index in [4.69, 9.17) is 16.3 Å². The third-order valence-electron chi connectivity index (χ3n) is 3.07. The Morgan fingerprint density at radius 2 is 2.00 bits per heavy atom. The van der Waals surface area contributed by atoms with Crippen LogP contribution in [0, 0.1) is 0 Å². The van der Waals surface area contributed by atoms with Crippen molar-refractivity contribution in [1.82, 2.24) is 14.8 Å². The predicted molar refractivity (Wildman–Crippen MR) is 88.0 cm³/mol. The first-order valence-corrected chi connectivity index (χ1v) is 8.43. The van der Waals surface area contributed by atoms with Crippen LogP contribution in [0.5, 0.6) is 0 Å². The number of rotatable bonds is 8. The molecule has 2 aromatic rings. The third-order valence-corrected chi connectivity index (χ3v) is 4.37. The average molecular weight is 326 g/mol. The number of aromatic nitrogens is 3. The Morgan fingerprint density at radius 3 is 2.67 bits per heavy atom. The molecular weight excluding hydrogens is 306 g/mol. The lowest BCUT2D eigenvalue weighted by molar-refractivity contribution is 0.185. The van der Waals surface area contributed by atoms with E-state index in [-0.39, 0.29) is 0 Å². The summed E-state index contributed by atoms with van der Waals surface area (Å²) in [6, 6.07) is 7.68. The van der Waals surface area contributed by atoms with Gasteiger partial charge in [0.2, 0.25) is 0 Å². The average Bonchev–Trinajstić information content (AvgIpc) is 2.89. The van der Waals surface area contributed by atoms with Crippen molar-refractivity contribution in [2.75, 3.05) is 19.5 Å². The summed E-state index contributed by atoms with van der Waals surface area (Å²) < 4.78 is 7.32. The molecular formula is C15H20ClN3OS. The van der Waals surface area contributed by atoms with Crippen LogP contribution in [0.1, 0.15) is 19.8 Å². The van der Waals surface area contributed by atoms with Crippen LogP contribution >= 0.6 is 23.4 Å². The van der Waals surface area contributed by atoms with Gasteiger partial charge in [-0.25, -0.2) is 0 Å². The molecule has 0 unspecified atom stereocenters. The highest BCUT2D eigenvalue weighted by Crippen LogP contribution is 2.25. The number of ether oxygens (including phenoxy) is 1. The summed E-state index contributed by atoms with van der Waals surface area (Å²) in [7, 11) is 1.70. The van der Waals surface area contributed by atoms with Gasteiger partial charge >= 0.3 is 0 Å². The van der Waals surface area contributed by atoms with Gasteiger partial charge in [0.1, 0.15) is 0 Å². The number of halogens is 1. The van der Waals surface area contributed by atoms with Gasteiger partial charge in [0.05, 0.1) is 13.2 Å². The largest absolute Gasteiger partial charge is 0.383 e. The second-order valence-corrected chi connectivity index (χ2v) is 6.16. The smallest absolute Gasteiger partial charge is 0.191 e. The van der Waals surface area contributed by atoms with Crippen molar-refractivity contribution in [1.29, 1.82) is 0 Å². The van der Waals surface area contributed by atoms with Gasteiger partial charge in [0.15, 0.2) is 11.0 Å². The van der Waals surface area contributed by atoms with Gasteiger partial charge in [-0.1, -0.05) is 36.7 Å². The minimum atomic E-state index is 0.639. The summed E-state index contributed by atoms with van der Waals surface area (Å²) in [5, 5.41) is 10.3. The molecule has 0 bridgehead atoms. The van der Waals surface area contributed by atoms with E-state index in [2.05, 4.69) is 21.7 Å². The summed E-state index contributed by atoms with van der Waals surface area (Å²) in [4.78, 5) is 0. The number of hydrogen-bond acceptors (Lipinski definition) is 4. The molecule has 0 aliphatic heterocycles. The van der Waals surface area contributed by atoms with E-state index in [1.165, 1.54) is 12.8 Å². The molecule has 1 heterocycles. The molecule has 0 saturated carbocycles. The molecule has 0 amide bonds. The van der Waals surface area contributed by atoms with Crippen LogP contribution in [0.2, 0.25) is 5.02 Å². The lowest BCUT2D eigenvalue weighted by Crippen LogP contribution is -2.07. The standard InChI is InChI=1S/C15H20ClN3OS/c1-3-4-11-21-15-18-17-14(19(15)9-10-20-2)12-5-7-13(16)8-6-12/h5-8H,3-4,9-11H2,1-2H3. The molecule has 0 saturated heterocycles. The van der Waals surface area contributed by atoms with E-state index in [1.807, 2.05) is 24.3 Å². The summed E-state index contributed by atoms with van der Waals surface area (Å²) in [6.45, 7) is 3.57. The van der Waals surface area contributed by atoms with Crippen LogP contribution in [0.15, 0.2) is 29.4 Å². The number of unbranched alkanes of at least 4 members (excludes halogenated alkanes) is 1. The van der Waals surface area contributed by atoms with Crippen LogP contribution in [0.3, 0.4) is 0 Å². The fourth-order valence-corrected chi connectivity index (χ4v) is 3.07.